The molecular formula is C19H18N2O3S. The molecule has 6 heteroatoms. The van der Waals surface area contributed by atoms with Gasteiger partial charge < -0.3 is 14.8 Å². The zero-order valence-electron chi connectivity index (χ0n) is 13.9. The summed E-state index contributed by atoms with van der Waals surface area (Å²) in [5, 5.41) is 13.1. The number of ether oxygens (including phenoxy) is 2. The first kappa shape index (κ1) is 16.0. The highest BCUT2D eigenvalue weighted by Crippen LogP contribution is 2.39. The minimum Gasteiger partial charge on any atom is -0.486 e. The van der Waals surface area contributed by atoms with Crippen molar-refractivity contribution in [3.05, 3.63) is 39.8 Å². The first-order chi connectivity index (χ1) is 12.2. The van der Waals surface area contributed by atoms with Crippen LogP contribution in [0.15, 0.2) is 18.2 Å². The van der Waals surface area contributed by atoms with Gasteiger partial charge in [-0.15, -0.1) is 11.3 Å². The summed E-state index contributed by atoms with van der Waals surface area (Å²) in [5.74, 6) is 1.62. The number of hydrogen-bond donors (Lipinski definition) is 1. The number of benzene rings is 1. The second-order valence-corrected chi connectivity index (χ2v) is 7.59. The lowest BCUT2D eigenvalue weighted by molar-refractivity contribution is 0.102. The molecule has 1 unspecified atom stereocenters. The molecule has 5 nitrogen and oxygen atoms in total. The summed E-state index contributed by atoms with van der Waals surface area (Å²) in [4.78, 5) is 13.9. The van der Waals surface area contributed by atoms with Crippen LogP contribution in [0.4, 0.5) is 5.00 Å². The second kappa shape index (κ2) is 6.41. The van der Waals surface area contributed by atoms with Crippen LogP contribution in [-0.4, -0.2) is 19.1 Å². The molecule has 1 amide bonds. The molecule has 1 aliphatic carbocycles. The minimum atomic E-state index is -0.236. The molecule has 1 aromatic carbocycles. The molecule has 1 aliphatic heterocycles. The van der Waals surface area contributed by atoms with Crippen LogP contribution in [0.1, 0.15) is 39.7 Å². The maximum absolute atomic E-state index is 12.6. The normalized spacial score (nSPS) is 18.2. The Morgan fingerprint density at radius 1 is 1.32 bits per heavy atom. The van der Waals surface area contributed by atoms with E-state index in [1.807, 2.05) is 0 Å². The predicted molar refractivity (Wildman–Crippen MR) is 95.6 cm³/mol. The molecule has 0 bridgehead atoms. The largest absolute Gasteiger partial charge is 0.486 e. The maximum Gasteiger partial charge on any atom is 0.256 e. The van der Waals surface area contributed by atoms with Crippen molar-refractivity contribution < 1.29 is 14.3 Å². The lowest BCUT2D eigenvalue weighted by Crippen LogP contribution is -2.17. The third-order valence-electron chi connectivity index (χ3n) is 4.65. The fourth-order valence-electron chi connectivity index (χ4n) is 3.32. The highest BCUT2D eigenvalue weighted by Gasteiger charge is 2.25. The van der Waals surface area contributed by atoms with E-state index in [2.05, 4.69) is 18.3 Å². The lowest BCUT2D eigenvalue weighted by atomic mass is 9.88. The van der Waals surface area contributed by atoms with Crippen molar-refractivity contribution >= 4 is 22.2 Å². The topological polar surface area (TPSA) is 71.3 Å². The van der Waals surface area contributed by atoms with Gasteiger partial charge in [-0.05, 0) is 48.9 Å². The minimum absolute atomic E-state index is 0.236. The standard InChI is InChI=1S/C19H18N2O3S/c1-11-2-4-13-14(10-20)19(25-17(13)8-11)21-18(22)12-3-5-15-16(9-12)24-7-6-23-15/h3,5,9,11H,2,4,6-8H2,1H3,(H,21,22). The number of anilines is 1. The summed E-state index contributed by atoms with van der Waals surface area (Å²) in [6.45, 7) is 3.22. The predicted octanol–water partition coefficient (Wildman–Crippen LogP) is 3.77. The smallest absolute Gasteiger partial charge is 0.256 e. The van der Waals surface area contributed by atoms with Crippen molar-refractivity contribution in [3.63, 3.8) is 0 Å². The van der Waals surface area contributed by atoms with Crippen LogP contribution < -0.4 is 14.8 Å². The van der Waals surface area contributed by atoms with Crippen LogP contribution in [0.25, 0.3) is 0 Å². The molecule has 1 N–H and O–H groups in total. The zero-order valence-corrected chi connectivity index (χ0v) is 14.7. The average Bonchev–Trinajstić information content (AvgIpc) is 2.97. The van der Waals surface area contributed by atoms with Crippen molar-refractivity contribution in [2.24, 2.45) is 5.92 Å². The first-order valence-electron chi connectivity index (χ1n) is 8.41. The fourth-order valence-corrected chi connectivity index (χ4v) is 4.67. The van der Waals surface area contributed by atoms with E-state index in [4.69, 9.17) is 9.47 Å². The van der Waals surface area contributed by atoms with Crippen LogP contribution in [-0.2, 0) is 12.8 Å². The van der Waals surface area contributed by atoms with Gasteiger partial charge >= 0.3 is 0 Å². The zero-order chi connectivity index (χ0) is 17.4. The van der Waals surface area contributed by atoms with Gasteiger partial charge in [-0.25, -0.2) is 0 Å². The number of nitrogens with one attached hydrogen (secondary N) is 1. The average molecular weight is 354 g/mol. The molecule has 0 spiro atoms. The number of nitriles is 1. The Balaban J connectivity index is 1.60. The van der Waals surface area contributed by atoms with Gasteiger partial charge in [0, 0.05) is 10.4 Å². The summed E-state index contributed by atoms with van der Waals surface area (Å²) in [5.41, 5.74) is 2.23. The fraction of sp³-hybridized carbons (Fsp3) is 0.368. The highest BCUT2D eigenvalue weighted by molar-refractivity contribution is 7.16. The van der Waals surface area contributed by atoms with Crippen LogP contribution in [0.5, 0.6) is 11.5 Å². The van der Waals surface area contributed by atoms with Crippen molar-refractivity contribution in [1.82, 2.24) is 0 Å². The van der Waals surface area contributed by atoms with Crippen LogP contribution >= 0.6 is 11.3 Å². The Morgan fingerprint density at radius 3 is 2.92 bits per heavy atom. The number of thiophene rings is 1. The van der Waals surface area contributed by atoms with Gasteiger partial charge in [-0.1, -0.05) is 6.92 Å². The molecule has 0 radical (unpaired) electrons. The lowest BCUT2D eigenvalue weighted by Gasteiger charge is -2.18. The van der Waals surface area contributed by atoms with Crippen LogP contribution in [0.3, 0.4) is 0 Å². The van der Waals surface area contributed by atoms with Crippen molar-refractivity contribution in [2.45, 2.75) is 26.2 Å². The van der Waals surface area contributed by atoms with E-state index in [0.29, 0.717) is 46.8 Å². The quantitative estimate of drug-likeness (QED) is 0.891. The monoisotopic (exact) mass is 354 g/mol. The van der Waals surface area contributed by atoms with Crippen molar-refractivity contribution in [1.29, 1.82) is 5.26 Å². The number of carbonyl (C=O) groups excluding carboxylic acids is 1. The summed E-state index contributed by atoms with van der Waals surface area (Å²) < 4.78 is 11.0. The van der Waals surface area contributed by atoms with Crippen LogP contribution in [0.2, 0.25) is 0 Å². The molecule has 2 aliphatic rings. The molecule has 0 saturated carbocycles. The van der Waals surface area contributed by atoms with Crippen LogP contribution in [0, 0.1) is 17.2 Å². The van der Waals surface area contributed by atoms with Gasteiger partial charge in [-0.2, -0.15) is 5.26 Å². The van der Waals surface area contributed by atoms with E-state index in [0.717, 1.165) is 24.8 Å². The van der Waals surface area contributed by atoms with E-state index < -0.39 is 0 Å². The Labute approximate surface area is 150 Å². The van der Waals surface area contributed by atoms with Gasteiger partial charge in [0.25, 0.3) is 5.91 Å². The molecule has 2 aromatic rings. The third kappa shape index (κ3) is 2.96. The number of fused-ring (bicyclic) bond motifs is 2. The molecule has 0 saturated heterocycles. The third-order valence-corrected chi connectivity index (χ3v) is 5.82. The SMILES string of the molecule is CC1CCc2c(sc(NC(=O)c3ccc4c(c3)OCCO4)c2C#N)C1. The number of nitrogens with zero attached hydrogens (tertiary/aromatic N) is 1. The van der Waals surface area contributed by atoms with Crippen molar-refractivity contribution in [2.75, 3.05) is 18.5 Å². The Kier molecular flexibility index (Phi) is 4.10. The summed E-state index contributed by atoms with van der Waals surface area (Å²) in [7, 11) is 0. The number of amides is 1. The van der Waals surface area contributed by atoms with Gasteiger partial charge in [0.15, 0.2) is 11.5 Å². The summed E-state index contributed by atoms with van der Waals surface area (Å²) >= 11 is 1.53. The van der Waals surface area contributed by atoms with E-state index in [-0.39, 0.29) is 5.91 Å². The number of rotatable bonds is 2. The Morgan fingerprint density at radius 2 is 2.12 bits per heavy atom. The highest BCUT2D eigenvalue weighted by atomic mass is 32.1. The molecule has 128 valence electrons. The maximum atomic E-state index is 12.6. The van der Waals surface area contributed by atoms with E-state index in [9.17, 15) is 10.1 Å². The van der Waals surface area contributed by atoms with Gasteiger partial charge in [-0.3, -0.25) is 4.79 Å². The number of carbonyl (C=O) groups is 1. The molecule has 2 heterocycles. The van der Waals surface area contributed by atoms with Gasteiger partial charge in [0.2, 0.25) is 0 Å². The molecular weight excluding hydrogens is 336 g/mol. The molecule has 4 rings (SSSR count). The van der Waals surface area contributed by atoms with Crippen molar-refractivity contribution in [3.8, 4) is 17.6 Å². The van der Waals surface area contributed by atoms with Gasteiger partial charge in [0.05, 0.1) is 5.56 Å². The van der Waals surface area contributed by atoms with E-state index in [1.165, 1.54) is 16.2 Å². The molecule has 0 fully saturated rings. The molecule has 1 atom stereocenters. The second-order valence-electron chi connectivity index (χ2n) is 6.48. The Hall–Kier alpha value is -2.52. The Bertz CT molecular complexity index is 882. The molecule has 25 heavy (non-hydrogen) atoms. The van der Waals surface area contributed by atoms with Gasteiger partial charge in [0.1, 0.15) is 24.3 Å². The number of hydrogen-bond acceptors (Lipinski definition) is 5. The van der Waals surface area contributed by atoms with E-state index in [1.54, 1.807) is 18.2 Å². The van der Waals surface area contributed by atoms with E-state index >= 15 is 0 Å². The summed E-state index contributed by atoms with van der Waals surface area (Å²) in [6.07, 6.45) is 2.98. The summed E-state index contributed by atoms with van der Waals surface area (Å²) in [6, 6.07) is 7.42. The first-order valence-corrected chi connectivity index (χ1v) is 9.23. The molecule has 1 aromatic heterocycles.